The highest BCUT2D eigenvalue weighted by atomic mass is 16.6. The van der Waals surface area contributed by atoms with E-state index in [0.29, 0.717) is 42.8 Å². The standard InChI is InChI=1S/C24H32N4O6/c1-5-28-20(30)16-7-6-15(12-17(16)25-21(28)31)19(29)26-18-13-27(22(32)34-23(2,3)4)14-24(18)8-10-33-11-9-24/h6-7,12,18H,5,8-11,13-14H2,1-4H3,(H,25,31)(H,26,29). The molecule has 1 atom stereocenters. The molecule has 2 aliphatic heterocycles. The minimum absolute atomic E-state index is 0.258. The summed E-state index contributed by atoms with van der Waals surface area (Å²) < 4.78 is 12.2. The van der Waals surface area contributed by atoms with Gasteiger partial charge in [-0.05, 0) is 58.7 Å². The normalized spacial score (nSPS) is 20.0. The van der Waals surface area contributed by atoms with E-state index >= 15 is 0 Å². The van der Waals surface area contributed by atoms with Gasteiger partial charge in [0.2, 0.25) is 0 Å². The van der Waals surface area contributed by atoms with Crippen LogP contribution < -0.4 is 16.6 Å². The quantitative estimate of drug-likeness (QED) is 0.703. The Kier molecular flexibility index (Phi) is 6.28. The first-order valence-corrected chi connectivity index (χ1v) is 11.7. The number of likely N-dealkylation sites (tertiary alicyclic amines) is 1. The average molecular weight is 473 g/mol. The van der Waals surface area contributed by atoms with Crippen molar-refractivity contribution < 1.29 is 19.1 Å². The fourth-order valence-corrected chi connectivity index (χ4v) is 4.84. The molecule has 184 valence electrons. The van der Waals surface area contributed by atoms with Gasteiger partial charge in [-0.2, -0.15) is 0 Å². The molecule has 4 rings (SSSR count). The molecule has 2 N–H and O–H groups in total. The Morgan fingerprint density at radius 2 is 1.94 bits per heavy atom. The summed E-state index contributed by atoms with van der Waals surface area (Å²) in [6.45, 7) is 9.40. The highest BCUT2D eigenvalue weighted by Crippen LogP contribution is 2.40. The van der Waals surface area contributed by atoms with Gasteiger partial charge >= 0.3 is 11.8 Å². The van der Waals surface area contributed by atoms with E-state index in [1.165, 1.54) is 6.07 Å². The van der Waals surface area contributed by atoms with E-state index in [-0.39, 0.29) is 23.9 Å². The van der Waals surface area contributed by atoms with Gasteiger partial charge in [-0.3, -0.25) is 14.2 Å². The number of fused-ring (bicyclic) bond motifs is 1. The molecule has 1 aromatic carbocycles. The molecule has 3 heterocycles. The van der Waals surface area contributed by atoms with Gasteiger partial charge in [-0.1, -0.05) is 0 Å². The van der Waals surface area contributed by atoms with Crippen LogP contribution in [0.25, 0.3) is 10.9 Å². The van der Waals surface area contributed by atoms with Crippen LogP contribution in [0.2, 0.25) is 0 Å². The van der Waals surface area contributed by atoms with Crippen molar-refractivity contribution in [3.8, 4) is 0 Å². The van der Waals surface area contributed by atoms with Crippen LogP contribution >= 0.6 is 0 Å². The molecule has 2 aliphatic rings. The lowest BCUT2D eigenvalue weighted by Crippen LogP contribution is -2.49. The summed E-state index contributed by atoms with van der Waals surface area (Å²) in [5, 5.41) is 3.44. The topological polar surface area (TPSA) is 123 Å². The molecule has 1 aromatic heterocycles. The SMILES string of the molecule is CCn1c(=O)[nH]c2cc(C(=O)NC3CN(C(=O)OC(C)(C)C)CC34CCOCC4)ccc2c1=O. The largest absolute Gasteiger partial charge is 0.444 e. The molecule has 0 radical (unpaired) electrons. The summed E-state index contributed by atoms with van der Waals surface area (Å²) in [4.78, 5) is 55.0. The zero-order valence-electron chi connectivity index (χ0n) is 20.1. The van der Waals surface area contributed by atoms with Gasteiger partial charge in [0.1, 0.15) is 5.60 Å². The van der Waals surface area contributed by atoms with E-state index in [9.17, 15) is 19.2 Å². The summed E-state index contributed by atoms with van der Waals surface area (Å²) in [5.74, 6) is -0.329. The predicted octanol–water partition coefficient (Wildman–Crippen LogP) is 1.86. The highest BCUT2D eigenvalue weighted by Gasteiger charge is 2.50. The Balaban J connectivity index is 1.59. The molecule has 10 heteroatoms. The van der Waals surface area contributed by atoms with E-state index in [4.69, 9.17) is 9.47 Å². The molecule has 34 heavy (non-hydrogen) atoms. The molecular formula is C24H32N4O6. The van der Waals surface area contributed by atoms with Gasteiger partial charge in [0.25, 0.3) is 11.5 Å². The Bertz CT molecular complexity index is 1220. The van der Waals surface area contributed by atoms with Gasteiger partial charge in [-0.15, -0.1) is 0 Å². The molecular weight excluding hydrogens is 440 g/mol. The third kappa shape index (κ3) is 4.59. The molecule has 2 saturated heterocycles. The van der Waals surface area contributed by atoms with E-state index in [2.05, 4.69) is 10.3 Å². The van der Waals surface area contributed by atoms with Gasteiger partial charge in [0, 0.05) is 43.8 Å². The second kappa shape index (κ2) is 8.90. The van der Waals surface area contributed by atoms with Crippen molar-refractivity contribution in [1.82, 2.24) is 19.8 Å². The number of aromatic amines is 1. The number of benzene rings is 1. The zero-order valence-corrected chi connectivity index (χ0v) is 20.1. The minimum Gasteiger partial charge on any atom is -0.444 e. The summed E-state index contributed by atoms with van der Waals surface area (Å²) in [6, 6.07) is 4.37. The van der Waals surface area contributed by atoms with Crippen molar-refractivity contribution >= 4 is 22.9 Å². The number of nitrogens with one attached hydrogen (secondary N) is 2. The number of H-pyrrole nitrogens is 1. The number of hydrogen-bond acceptors (Lipinski definition) is 6. The predicted molar refractivity (Wildman–Crippen MR) is 126 cm³/mol. The maximum absolute atomic E-state index is 13.2. The monoisotopic (exact) mass is 472 g/mol. The summed E-state index contributed by atoms with van der Waals surface area (Å²) in [7, 11) is 0. The number of aromatic nitrogens is 2. The van der Waals surface area contributed by atoms with E-state index in [1.807, 2.05) is 20.8 Å². The summed E-state index contributed by atoms with van der Waals surface area (Å²) >= 11 is 0. The lowest BCUT2D eigenvalue weighted by Gasteiger charge is -2.38. The van der Waals surface area contributed by atoms with Crippen LogP contribution in [-0.4, -0.2) is 64.4 Å². The fraction of sp³-hybridized carbons (Fsp3) is 0.583. The number of carbonyl (C=O) groups excluding carboxylic acids is 2. The fourth-order valence-electron chi connectivity index (χ4n) is 4.84. The molecule has 0 aliphatic carbocycles. The number of hydrogen-bond donors (Lipinski definition) is 2. The lowest BCUT2D eigenvalue weighted by molar-refractivity contribution is 0.00235. The molecule has 2 fully saturated rings. The Morgan fingerprint density at radius 3 is 2.59 bits per heavy atom. The first kappa shape index (κ1) is 24.0. The van der Waals surface area contributed by atoms with Crippen LogP contribution in [0.15, 0.2) is 27.8 Å². The highest BCUT2D eigenvalue weighted by molar-refractivity contribution is 5.97. The number of nitrogens with zero attached hydrogens (tertiary/aromatic N) is 2. The number of rotatable bonds is 3. The molecule has 1 spiro atoms. The van der Waals surface area contributed by atoms with Gasteiger partial charge in [0.05, 0.1) is 16.9 Å². The number of carbonyl (C=O) groups is 2. The number of amides is 2. The van der Waals surface area contributed by atoms with Crippen LogP contribution in [0.4, 0.5) is 4.79 Å². The van der Waals surface area contributed by atoms with Gasteiger partial charge in [-0.25, -0.2) is 9.59 Å². The second-order valence-corrected chi connectivity index (χ2v) is 10.1. The smallest absolute Gasteiger partial charge is 0.410 e. The Morgan fingerprint density at radius 1 is 1.24 bits per heavy atom. The maximum atomic E-state index is 13.2. The van der Waals surface area contributed by atoms with Crippen molar-refractivity contribution in [3.05, 3.63) is 44.6 Å². The molecule has 2 aromatic rings. The van der Waals surface area contributed by atoms with Crippen LogP contribution in [0.1, 0.15) is 50.9 Å². The van der Waals surface area contributed by atoms with E-state index in [1.54, 1.807) is 24.0 Å². The second-order valence-electron chi connectivity index (χ2n) is 10.1. The Labute approximate surface area is 197 Å². The first-order chi connectivity index (χ1) is 16.0. The van der Waals surface area contributed by atoms with Crippen molar-refractivity contribution in [3.63, 3.8) is 0 Å². The van der Waals surface area contributed by atoms with Crippen molar-refractivity contribution in [2.24, 2.45) is 5.41 Å². The lowest BCUT2D eigenvalue weighted by atomic mass is 9.76. The van der Waals surface area contributed by atoms with Crippen LogP contribution in [0, 0.1) is 5.41 Å². The van der Waals surface area contributed by atoms with Crippen molar-refractivity contribution in [1.29, 1.82) is 0 Å². The van der Waals surface area contributed by atoms with Gasteiger partial charge in [0.15, 0.2) is 0 Å². The third-order valence-corrected chi connectivity index (χ3v) is 6.65. The van der Waals surface area contributed by atoms with E-state index in [0.717, 1.165) is 17.4 Å². The number of ether oxygens (including phenoxy) is 2. The van der Waals surface area contributed by atoms with Gasteiger partial charge < -0.3 is 24.7 Å². The first-order valence-electron chi connectivity index (χ1n) is 11.7. The zero-order chi connectivity index (χ0) is 24.7. The molecule has 1 unspecified atom stereocenters. The molecule has 2 amide bonds. The van der Waals surface area contributed by atoms with Crippen molar-refractivity contribution in [2.75, 3.05) is 26.3 Å². The molecule has 10 nitrogen and oxygen atoms in total. The summed E-state index contributed by atoms with van der Waals surface area (Å²) in [5.41, 5.74) is -1.17. The Hall–Kier alpha value is -3.14. The summed E-state index contributed by atoms with van der Waals surface area (Å²) in [6.07, 6.45) is 1.04. The van der Waals surface area contributed by atoms with Crippen LogP contribution in [0.3, 0.4) is 0 Å². The minimum atomic E-state index is -0.611. The maximum Gasteiger partial charge on any atom is 0.410 e. The third-order valence-electron chi connectivity index (χ3n) is 6.65. The van der Waals surface area contributed by atoms with Crippen molar-refractivity contribution in [2.45, 2.75) is 58.7 Å². The van der Waals surface area contributed by atoms with Crippen LogP contribution in [-0.2, 0) is 16.0 Å². The van der Waals surface area contributed by atoms with E-state index < -0.39 is 22.9 Å². The molecule has 0 bridgehead atoms. The van der Waals surface area contributed by atoms with Crippen LogP contribution in [0.5, 0.6) is 0 Å². The average Bonchev–Trinajstić information content (AvgIpc) is 3.10. The molecule has 0 saturated carbocycles.